The van der Waals surface area contributed by atoms with Gasteiger partial charge < -0.3 is 4.74 Å². The van der Waals surface area contributed by atoms with E-state index in [1.54, 1.807) is 0 Å². The smallest absolute Gasteiger partial charge is 0.290 e. The highest BCUT2D eigenvalue weighted by Crippen LogP contribution is 2.52. The van der Waals surface area contributed by atoms with Crippen molar-refractivity contribution >= 4 is 5.69 Å². The molecule has 0 saturated heterocycles. The minimum Gasteiger partial charge on any atom is -0.472 e. The normalized spacial score (nSPS) is 29.8. The van der Waals surface area contributed by atoms with Crippen molar-refractivity contribution in [1.82, 2.24) is 4.98 Å². The maximum atomic E-state index is 13.5. The van der Waals surface area contributed by atoms with Crippen molar-refractivity contribution in [3.05, 3.63) is 28.2 Å². The van der Waals surface area contributed by atoms with Crippen LogP contribution in [0.25, 0.3) is 0 Å². The fourth-order valence-corrected chi connectivity index (χ4v) is 2.52. The fraction of sp³-hybridized carbons (Fsp3) is 0.545. The predicted molar refractivity (Wildman–Crippen MR) is 56.1 cm³/mol. The molecule has 3 rings (SSSR count). The van der Waals surface area contributed by atoms with Gasteiger partial charge in [-0.25, -0.2) is 9.37 Å². The predicted octanol–water partition coefficient (Wildman–Crippen LogP) is 2.31. The van der Waals surface area contributed by atoms with Gasteiger partial charge in [0.1, 0.15) is 12.3 Å². The molecule has 2 saturated carbocycles. The number of rotatable bonds is 3. The van der Waals surface area contributed by atoms with Crippen LogP contribution in [0.1, 0.15) is 19.3 Å². The second kappa shape index (κ2) is 3.65. The number of pyridine rings is 1. The summed E-state index contributed by atoms with van der Waals surface area (Å²) in [7, 11) is 0. The van der Waals surface area contributed by atoms with Crippen LogP contribution < -0.4 is 4.74 Å². The topological polar surface area (TPSA) is 65.3 Å². The third kappa shape index (κ3) is 1.94. The SMILES string of the molecule is O=[N+]([O-])c1cnc(OC2CC3CC3C2)c(F)c1. The molecular weight excluding hydrogens is 227 g/mol. The highest BCUT2D eigenvalue weighted by molar-refractivity contribution is 5.30. The average molecular weight is 238 g/mol. The molecule has 17 heavy (non-hydrogen) atoms. The zero-order valence-electron chi connectivity index (χ0n) is 9.01. The van der Waals surface area contributed by atoms with E-state index in [4.69, 9.17) is 4.74 Å². The lowest BCUT2D eigenvalue weighted by Gasteiger charge is -2.14. The van der Waals surface area contributed by atoms with Crippen LogP contribution in [0.4, 0.5) is 10.1 Å². The minimum atomic E-state index is -0.764. The van der Waals surface area contributed by atoms with Crippen LogP contribution >= 0.6 is 0 Å². The van der Waals surface area contributed by atoms with E-state index in [1.165, 1.54) is 6.42 Å². The Morgan fingerprint density at radius 3 is 2.71 bits per heavy atom. The molecule has 0 aliphatic heterocycles. The minimum absolute atomic E-state index is 0.0159. The van der Waals surface area contributed by atoms with Gasteiger partial charge in [0, 0.05) is 0 Å². The molecule has 6 heteroatoms. The van der Waals surface area contributed by atoms with Gasteiger partial charge in [0.15, 0.2) is 5.82 Å². The Labute approximate surface area is 96.8 Å². The van der Waals surface area contributed by atoms with E-state index in [1.807, 2.05) is 0 Å². The van der Waals surface area contributed by atoms with E-state index in [2.05, 4.69) is 4.98 Å². The number of nitrogens with zero attached hydrogens (tertiary/aromatic N) is 2. The molecule has 0 bridgehead atoms. The molecule has 0 radical (unpaired) electrons. The van der Waals surface area contributed by atoms with E-state index in [9.17, 15) is 14.5 Å². The number of halogens is 1. The molecule has 0 amide bonds. The first kappa shape index (κ1) is 10.4. The van der Waals surface area contributed by atoms with E-state index in [-0.39, 0.29) is 17.7 Å². The zero-order valence-corrected chi connectivity index (χ0v) is 9.01. The summed E-state index contributed by atoms with van der Waals surface area (Å²) in [6, 6.07) is 0.845. The van der Waals surface area contributed by atoms with E-state index in [0.29, 0.717) is 0 Å². The van der Waals surface area contributed by atoms with Gasteiger partial charge in [-0.15, -0.1) is 0 Å². The molecule has 1 heterocycles. The molecule has 2 fully saturated rings. The molecule has 2 aliphatic rings. The lowest BCUT2D eigenvalue weighted by molar-refractivity contribution is -0.385. The second-order valence-corrected chi connectivity index (χ2v) is 4.70. The zero-order chi connectivity index (χ0) is 12.0. The Balaban J connectivity index is 1.72. The Morgan fingerprint density at radius 2 is 2.12 bits per heavy atom. The summed E-state index contributed by atoms with van der Waals surface area (Å²) in [6.45, 7) is 0. The summed E-state index contributed by atoms with van der Waals surface area (Å²) in [4.78, 5) is 13.4. The molecule has 0 N–H and O–H groups in total. The van der Waals surface area contributed by atoms with Crippen LogP contribution in [0.5, 0.6) is 5.88 Å². The van der Waals surface area contributed by atoms with E-state index in [0.717, 1.165) is 36.9 Å². The fourth-order valence-electron chi connectivity index (χ4n) is 2.52. The first-order valence-electron chi connectivity index (χ1n) is 5.60. The number of fused-ring (bicyclic) bond motifs is 1. The van der Waals surface area contributed by atoms with Gasteiger partial charge in [-0.3, -0.25) is 10.1 Å². The summed E-state index contributed by atoms with van der Waals surface area (Å²) < 4.78 is 18.9. The first-order chi connectivity index (χ1) is 8.13. The molecule has 0 spiro atoms. The molecule has 2 aliphatic carbocycles. The molecule has 1 aromatic heterocycles. The Morgan fingerprint density at radius 1 is 1.41 bits per heavy atom. The summed E-state index contributed by atoms with van der Waals surface area (Å²) >= 11 is 0. The van der Waals surface area contributed by atoms with Crippen molar-refractivity contribution in [2.45, 2.75) is 25.4 Å². The number of hydrogen-bond acceptors (Lipinski definition) is 4. The van der Waals surface area contributed by atoms with Crippen molar-refractivity contribution in [1.29, 1.82) is 0 Å². The maximum absolute atomic E-state index is 13.5. The van der Waals surface area contributed by atoms with Crippen LogP contribution in [0, 0.1) is 27.8 Å². The molecule has 90 valence electrons. The summed E-state index contributed by atoms with van der Waals surface area (Å²) in [5, 5.41) is 10.4. The number of hydrogen-bond donors (Lipinski definition) is 0. The van der Waals surface area contributed by atoms with Crippen LogP contribution in [-0.4, -0.2) is 16.0 Å². The highest BCUT2D eigenvalue weighted by Gasteiger charge is 2.47. The lowest BCUT2D eigenvalue weighted by atomic mass is 10.2. The quantitative estimate of drug-likeness (QED) is 0.598. The average Bonchev–Trinajstić information content (AvgIpc) is 2.89. The lowest BCUT2D eigenvalue weighted by Crippen LogP contribution is -2.15. The standard InChI is InChI=1S/C11H11FN2O3/c12-10-4-8(14(15)16)5-13-11(10)17-9-2-6-1-7(6)3-9/h4-7,9H,1-3H2. The summed E-state index contributed by atoms with van der Waals surface area (Å²) in [5.74, 6) is 0.587. The largest absolute Gasteiger partial charge is 0.472 e. The highest BCUT2D eigenvalue weighted by atomic mass is 19.1. The number of nitro groups is 1. The van der Waals surface area contributed by atoms with Crippen molar-refractivity contribution in [3.63, 3.8) is 0 Å². The summed E-state index contributed by atoms with van der Waals surface area (Å²) in [5.41, 5.74) is -0.357. The van der Waals surface area contributed by atoms with Gasteiger partial charge in [0.25, 0.3) is 11.6 Å². The Kier molecular flexibility index (Phi) is 2.24. The van der Waals surface area contributed by atoms with Crippen LogP contribution in [0.3, 0.4) is 0 Å². The first-order valence-corrected chi connectivity index (χ1v) is 5.60. The molecule has 0 aromatic carbocycles. The summed E-state index contributed by atoms with van der Waals surface area (Å²) in [6.07, 6.45) is 4.19. The van der Waals surface area contributed by atoms with Crippen LogP contribution in [0.15, 0.2) is 12.3 Å². The van der Waals surface area contributed by atoms with Gasteiger partial charge in [0.2, 0.25) is 0 Å². The van der Waals surface area contributed by atoms with Crippen LogP contribution in [-0.2, 0) is 0 Å². The van der Waals surface area contributed by atoms with E-state index >= 15 is 0 Å². The Hall–Kier alpha value is -1.72. The van der Waals surface area contributed by atoms with Gasteiger partial charge >= 0.3 is 0 Å². The third-order valence-electron chi connectivity index (χ3n) is 3.48. The van der Waals surface area contributed by atoms with Gasteiger partial charge in [-0.2, -0.15) is 0 Å². The van der Waals surface area contributed by atoms with Crippen LogP contribution in [0.2, 0.25) is 0 Å². The molecule has 2 atom stereocenters. The van der Waals surface area contributed by atoms with Crippen molar-refractivity contribution in [3.8, 4) is 5.88 Å². The van der Waals surface area contributed by atoms with Crippen molar-refractivity contribution in [2.24, 2.45) is 11.8 Å². The van der Waals surface area contributed by atoms with Crippen molar-refractivity contribution < 1.29 is 14.1 Å². The van der Waals surface area contributed by atoms with Gasteiger partial charge in [0.05, 0.1) is 11.0 Å². The monoisotopic (exact) mass is 238 g/mol. The van der Waals surface area contributed by atoms with Gasteiger partial charge in [-0.05, 0) is 31.1 Å². The molecule has 2 unspecified atom stereocenters. The number of aromatic nitrogens is 1. The maximum Gasteiger partial charge on any atom is 0.290 e. The molecule has 1 aromatic rings. The second-order valence-electron chi connectivity index (χ2n) is 4.70. The molecular formula is C11H11FN2O3. The third-order valence-corrected chi connectivity index (χ3v) is 3.48. The Bertz CT molecular complexity index is 470. The number of ether oxygens (including phenoxy) is 1. The molecule has 5 nitrogen and oxygen atoms in total. The van der Waals surface area contributed by atoms with Crippen molar-refractivity contribution in [2.75, 3.05) is 0 Å². The van der Waals surface area contributed by atoms with E-state index < -0.39 is 10.7 Å². The van der Waals surface area contributed by atoms with Gasteiger partial charge in [-0.1, -0.05) is 0 Å².